The molecule has 2 aliphatic carbocycles. The Labute approximate surface area is 244 Å². The van der Waals surface area contributed by atoms with Crippen LogP contribution in [0.2, 0.25) is 0 Å². The largest absolute Gasteiger partial charge is 0.389 e. The number of imidazole rings is 1. The third kappa shape index (κ3) is 7.66. The molecule has 3 atom stereocenters. The maximum atomic E-state index is 14.0. The van der Waals surface area contributed by atoms with Crippen LogP contribution in [0.25, 0.3) is 5.65 Å². The molecule has 0 spiro atoms. The number of aromatic nitrogens is 5. The first-order valence-electron chi connectivity index (χ1n) is 14.5. The molecule has 0 bridgehead atoms. The molecule has 3 aromatic rings. The van der Waals surface area contributed by atoms with Crippen LogP contribution in [0, 0.1) is 24.7 Å². The van der Waals surface area contributed by atoms with Gasteiger partial charge in [0.05, 0.1) is 30.2 Å². The van der Waals surface area contributed by atoms with Crippen LogP contribution in [0.1, 0.15) is 104 Å². The van der Waals surface area contributed by atoms with Crippen molar-refractivity contribution in [3.63, 3.8) is 0 Å². The summed E-state index contributed by atoms with van der Waals surface area (Å²) in [5.74, 6) is -4.79. The lowest BCUT2D eigenvalue weighted by molar-refractivity contribution is -0.147. The molecule has 43 heavy (non-hydrogen) atoms. The summed E-state index contributed by atoms with van der Waals surface area (Å²) >= 11 is 0. The van der Waals surface area contributed by atoms with Crippen LogP contribution in [0.5, 0.6) is 0 Å². The van der Waals surface area contributed by atoms with Gasteiger partial charge in [0.15, 0.2) is 11.3 Å². The summed E-state index contributed by atoms with van der Waals surface area (Å²) in [6.07, 6.45) is -0.732. The van der Waals surface area contributed by atoms with Gasteiger partial charge in [0.2, 0.25) is 11.8 Å². The maximum Gasteiger partial charge on any atom is 0.389 e. The lowest BCUT2D eigenvalue weighted by atomic mass is 9.81. The van der Waals surface area contributed by atoms with Gasteiger partial charge >= 0.3 is 6.18 Å². The second-order valence-electron chi connectivity index (χ2n) is 11.8. The molecule has 2 fully saturated rings. The monoisotopic (exact) mass is 611 g/mol. The van der Waals surface area contributed by atoms with Gasteiger partial charge in [-0.3, -0.25) is 9.59 Å². The smallest absolute Gasteiger partial charge is 0.349 e. The van der Waals surface area contributed by atoms with Crippen molar-refractivity contribution in [1.82, 2.24) is 35.5 Å². The number of alkyl halides is 5. The van der Waals surface area contributed by atoms with E-state index in [9.17, 15) is 31.5 Å². The Bertz CT molecular complexity index is 1440. The van der Waals surface area contributed by atoms with E-state index >= 15 is 0 Å². The van der Waals surface area contributed by atoms with Crippen LogP contribution >= 0.6 is 0 Å². The number of hydrogen-bond acceptors (Lipinski definition) is 7. The van der Waals surface area contributed by atoms with Crippen molar-refractivity contribution in [2.75, 3.05) is 0 Å². The standard InChI is InChI=1S/C28H34F5N7O3/c1-3-16(12-28(31,32)33)10-22(41)36-24(17-4-5-17)19-11-21-35-20(14-40(21)34-13-19)25(18-6-8-27(29,30)9-7-18)37-26(42)23-15(2)38-43-39-23/h11,13-14,16-18,24-25H,3-10,12H2,1-2H3,(H,36,41)(H,37,42)/t16?,24-,25+/m1/s1. The lowest BCUT2D eigenvalue weighted by Crippen LogP contribution is -2.37. The lowest BCUT2D eigenvalue weighted by Gasteiger charge is -2.33. The maximum absolute atomic E-state index is 14.0. The fourth-order valence-electron chi connectivity index (χ4n) is 5.79. The molecule has 0 aliphatic heterocycles. The van der Waals surface area contributed by atoms with E-state index in [1.165, 1.54) is 4.52 Å². The SMILES string of the molecule is CCC(CC(=O)N[C@@H](c1cnn2cc([C@@H](NC(=O)c3nonc3C)C3CCC(F)(F)CC3)nc2c1)C1CC1)CC(F)(F)F. The Kier molecular flexibility index (Phi) is 8.70. The van der Waals surface area contributed by atoms with Gasteiger partial charge < -0.3 is 10.6 Å². The topological polar surface area (TPSA) is 127 Å². The molecule has 3 heterocycles. The number of hydrogen-bond donors (Lipinski definition) is 2. The van der Waals surface area contributed by atoms with E-state index in [2.05, 4.69) is 35.7 Å². The number of fused-ring (bicyclic) bond motifs is 1. The second-order valence-corrected chi connectivity index (χ2v) is 11.8. The molecule has 15 heteroatoms. The zero-order valence-electron chi connectivity index (χ0n) is 23.8. The zero-order valence-corrected chi connectivity index (χ0v) is 23.8. The van der Waals surface area contributed by atoms with Gasteiger partial charge in [-0.05, 0) is 67.1 Å². The fraction of sp³-hybridized carbons (Fsp3) is 0.643. The van der Waals surface area contributed by atoms with Crippen molar-refractivity contribution in [3.8, 4) is 0 Å². The van der Waals surface area contributed by atoms with Gasteiger partial charge in [0.25, 0.3) is 5.91 Å². The number of carbonyl (C=O) groups excluding carboxylic acids is 2. The summed E-state index contributed by atoms with van der Waals surface area (Å²) in [6, 6.07) is 0.586. The van der Waals surface area contributed by atoms with Gasteiger partial charge in [-0.2, -0.15) is 18.3 Å². The van der Waals surface area contributed by atoms with Crippen LogP contribution in [-0.2, 0) is 4.79 Å². The third-order valence-electron chi connectivity index (χ3n) is 8.41. The highest BCUT2D eigenvalue weighted by molar-refractivity contribution is 5.93. The van der Waals surface area contributed by atoms with E-state index in [0.717, 1.165) is 12.8 Å². The summed E-state index contributed by atoms with van der Waals surface area (Å²) in [5, 5.41) is 17.5. The van der Waals surface area contributed by atoms with E-state index in [1.54, 1.807) is 32.3 Å². The Morgan fingerprint density at radius 2 is 1.79 bits per heavy atom. The Morgan fingerprint density at radius 1 is 1.09 bits per heavy atom. The van der Waals surface area contributed by atoms with Gasteiger partial charge in [-0.15, -0.1) is 0 Å². The molecular weight excluding hydrogens is 577 g/mol. The third-order valence-corrected chi connectivity index (χ3v) is 8.41. The van der Waals surface area contributed by atoms with Gasteiger partial charge in [-0.25, -0.2) is 22.9 Å². The highest BCUT2D eigenvalue weighted by atomic mass is 19.4. The van der Waals surface area contributed by atoms with Crippen molar-refractivity contribution in [1.29, 1.82) is 0 Å². The number of aryl methyl sites for hydroxylation is 1. The number of carbonyl (C=O) groups is 2. The minimum atomic E-state index is -4.34. The normalized spacial score (nSPS) is 19.6. The van der Waals surface area contributed by atoms with E-state index in [4.69, 9.17) is 0 Å². The molecule has 2 amide bonds. The first kappa shape index (κ1) is 30.8. The molecule has 0 saturated heterocycles. The van der Waals surface area contributed by atoms with Gasteiger partial charge in [0.1, 0.15) is 5.69 Å². The summed E-state index contributed by atoms with van der Waals surface area (Å²) < 4.78 is 72.8. The molecule has 1 unspecified atom stereocenters. The van der Waals surface area contributed by atoms with Crippen LogP contribution in [-0.4, -0.2) is 48.8 Å². The summed E-state index contributed by atoms with van der Waals surface area (Å²) in [5.41, 5.74) is 1.76. The minimum Gasteiger partial charge on any atom is -0.349 e. The number of rotatable bonds is 11. The molecule has 0 aromatic carbocycles. The van der Waals surface area contributed by atoms with E-state index < -0.39 is 48.3 Å². The Hall–Kier alpha value is -3.65. The summed E-state index contributed by atoms with van der Waals surface area (Å²) in [6.45, 7) is 3.19. The quantitative estimate of drug-likeness (QED) is 0.268. The zero-order chi connectivity index (χ0) is 30.9. The Morgan fingerprint density at radius 3 is 2.40 bits per heavy atom. The predicted octanol–water partition coefficient (Wildman–Crippen LogP) is 5.65. The average Bonchev–Trinajstić information content (AvgIpc) is 3.54. The Balaban J connectivity index is 1.37. The van der Waals surface area contributed by atoms with Crippen LogP contribution in [0.15, 0.2) is 23.1 Å². The van der Waals surface area contributed by atoms with Crippen molar-refractivity contribution in [2.24, 2.45) is 17.8 Å². The predicted molar refractivity (Wildman–Crippen MR) is 142 cm³/mol. The van der Waals surface area contributed by atoms with Crippen molar-refractivity contribution in [3.05, 3.63) is 41.1 Å². The molecule has 0 radical (unpaired) electrons. The summed E-state index contributed by atoms with van der Waals surface area (Å²) in [4.78, 5) is 30.5. The van der Waals surface area contributed by atoms with Crippen LogP contribution in [0.4, 0.5) is 22.0 Å². The number of nitrogens with one attached hydrogen (secondary N) is 2. The van der Waals surface area contributed by atoms with E-state index in [-0.39, 0.29) is 61.7 Å². The van der Waals surface area contributed by atoms with Crippen LogP contribution in [0.3, 0.4) is 0 Å². The average molecular weight is 612 g/mol. The minimum absolute atomic E-state index is 0.0149. The number of amides is 2. The highest BCUT2D eigenvalue weighted by Crippen LogP contribution is 2.43. The van der Waals surface area contributed by atoms with E-state index in [0.29, 0.717) is 16.9 Å². The van der Waals surface area contributed by atoms with E-state index in [1.807, 2.05) is 0 Å². The first-order chi connectivity index (χ1) is 20.3. The molecule has 2 aliphatic rings. The number of halogens is 5. The van der Waals surface area contributed by atoms with Crippen LogP contribution < -0.4 is 10.6 Å². The molecule has 10 nitrogen and oxygen atoms in total. The molecule has 5 rings (SSSR count). The first-order valence-corrected chi connectivity index (χ1v) is 14.5. The molecular formula is C28H34F5N7O3. The van der Waals surface area contributed by atoms with Gasteiger partial charge in [0, 0.05) is 25.7 Å². The molecule has 2 N–H and O–H groups in total. The highest BCUT2D eigenvalue weighted by Gasteiger charge is 2.40. The van der Waals surface area contributed by atoms with Crippen molar-refractivity contribution in [2.45, 2.75) is 95.8 Å². The van der Waals surface area contributed by atoms with Crippen molar-refractivity contribution >= 4 is 17.5 Å². The summed E-state index contributed by atoms with van der Waals surface area (Å²) in [7, 11) is 0. The molecule has 3 aromatic heterocycles. The molecule has 2 saturated carbocycles. The molecule has 234 valence electrons. The number of nitrogens with zero attached hydrogens (tertiary/aromatic N) is 5. The fourth-order valence-corrected chi connectivity index (χ4v) is 5.79. The second kappa shape index (κ2) is 12.2. The van der Waals surface area contributed by atoms with Gasteiger partial charge in [-0.1, -0.05) is 18.5 Å². The van der Waals surface area contributed by atoms with Crippen molar-refractivity contribution < 1.29 is 36.2 Å².